The largest absolute Gasteiger partial charge is 0.462 e. The van der Waals surface area contributed by atoms with Gasteiger partial charge in [-0.1, -0.05) is 103 Å². The molecule has 0 aliphatic rings. The van der Waals surface area contributed by atoms with Crippen LogP contribution >= 0.6 is 0 Å². The molecule has 0 N–H and O–H groups in total. The van der Waals surface area contributed by atoms with Crippen LogP contribution in [0.4, 0.5) is 4.39 Å². The fourth-order valence-electron chi connectivity index (χ4n) is 4.50. The standard InChI is InChI=1S/C31H25FN4O2/c1-2-38-30(37)28(22-23-18-20-27(32)21-19-23)29-33-35-36(34-29)31(24-12-6-3-7-13-24,25-14-8-4-9-15-25)26-16-10-5-11-17-26/h3-22H,2H2,1H3. The molecular formula is C31H25FN4O2. The fraction of sp³-hybridized carbons (Fsp3) is 0.0968. The number of esters is 1. The van der Waals surface area contributed by atoms with E-state index in [1.54, 1.807) is 29.9 Å². The highest BCUT2D eigenvalue weighted by atomic mass is 19.1. The quantitative estimate of drug-likeness (QED) is 0.153. The minimum atomic E-state index is -0.981. The maximum atomic E-state index is 13.5. The molecule has 4 aromatic carbocycles. The molecule has 7 heteroatoms. The lowest BCUT2D eigenvalue weighted by molar-refractivity contribution is -0.136. The highest BCUT2D eigenvalue weighted by molar-refractivity contribution is 6.20. The Morgan fingerprint density at radius 2 is 1.32 bits per heavy atom. The zero-order valence-corrected chi connectivity index (χ0v) is 20.7. The van der Waals surface area contributed by atoms with Gasteiger partial charge in [0, 0.05) is 0 Å². The molecule has 0 amide bonds. The monoisotopic (exact) mass is 504 g/mol. The first-order valence-corrected chi connectivity index (χ1v) is 12.2. The second-order valence-corrected chi connectivity index (χ2v) is 8.54. The summed E-state index contributed by atoms with van der Waals surface area (Å²) in [5.74, 6) is -0.872. The summed E-state index contributed by atoms with van der Waals surface area (Å²) < 4.78 is 18.8. The van der Waals surface area contributed by atoms with Gasteiger partial charge < -0.3 is 4.74 Å². The van der Waals surface area contributed by atoms with E-state index in [1.807, 2.05) is 91.0 Å². The number of ether oxygens (including phenoxy) is 1. The summed E-state index contributed by atoms with van der Waals surface area (Å²) in [5, 5.41) is 13.6. The Bertz CT molecular complexity index is 1440. The van der Waals surface area contributed by atoms with Gasteiger partial charge >= 0.3 is 5.97 Å². The molecule has 0 radical (unpaired) electrons. The molecule has 0 aliphatic heterocycles. The number of rotatable bonds is 8. The maximum Gasteiger partial charge on any atom is 0.342 e. The van der Waals surface area contributed by atoms with Crippen LogP contribution < -0.4 is 0 Å². The number of carbonyl (C=O) groups is 1. The van der Waals surface area contributed by atoms with Crippen LogP contribution in [-0.4, -0.2) is 32.8 Å². The number of tetrazole rings is 1. The Kier molecular flexibility index (Phi) is 7.17. The molecule has 0 saturated heterocycles. The van der Waals surface area contributed by atoms with Crippen LogP contribution in [0.2, 0.25) is 0 Å². The lowest BCUT2D eigenvalue weighted by atomic mass is 9.77. The number of aromatic nitrogens is 4. The van der Waals surface area contributed by atoms with E-state index in [4.69, 9.17) is 9.84 Å². The predicted molar refractivity (Wildman–Crippen MR) is 143 cm³/mol. The summed E-state index contributed by atoms with van der Waals surface area (Å²) in [4.78, 5) is 14.5. The van der Waals surface area contributed by atoms with Gasteiger partial charge in [-0.2, -0.15) is 0 Å². The molecule has 0 bridgehead atoms. The molecule has 0 unspecified atom stereocenters. The zero-order chi connectivity index (χ0) is 26.4. The lowest BCUT2D eigenvalue weighted by Gasteiger charge is -2.34. The average Bonchev–Trinajstić information content (AvgIpc) is 3.45. The summed E-state index contributed by atoms with van der Waals surface area (Å²) in [6.45, 7) is 1.90. The van der Waals surface area contributed by atoms with Crippen molar-refractivity contribution in [3.05, 3.63) is 149 Å². The van der Waals surface area contributed by atoms with E-state index in [1.165, 1.54) is 12.1 Å². The van der Waals surface area contributed by atoms with E-state index < -0.39 is 11.5 Å². The second-order valence-electron chi connectivity index (χ2n) is 8.54. The smallest absolute Gasteiger partial charge is 0.342 e. The zero-order valence-electron chi connectivity index (χ0n) is 20.7. The molecule has 1 heterocycles. The molecule has 1 aromatic heterocycles. The van der Waals surface area contributed by atoms with Crippen LogP contribution in [0.25, 0.3) is 11.6 Å². The Morgan fingerprint density at radius 3 is 1.79 bits per heavy atom. The van der Waals surface area contributed by atoms with Gasteiger partial charge in [0.15, 0.2) is 5.54 Å². The molecule has 38 heavy (non-hydrogen) atoms. The molecule has 6 nitrogen and oxygen atoms in total. The summed E-state index contributed by atoms with van der Waals surface area (Å²) >= 11 is 0. The van der Waals surface area contributed by atoms with Crippen LogP contribution in [0, 0.1) is 5.82 Å². The SMILES string of the molecule is CCOC(=O)C(=Cc1ccc(F)cc1)c1nnn(C(c2ccccc2)(c2ccccc2)c2ccccc2)n1. The van der Waals surface area contributed by atoms with Crippen molar-refractivity contribution in [2.24, 2.45) is 0 Å². The molecule has 5 aromatic rings. The van der Waals surface area contributed by atoms with Crippen LogP contribution in [0.3, 0.4) is 0 Å². The van der Waals surface area contributed by atoms with Crippen molar-refractivity contribution < 1.29 is 13.9 Å². The Morgan fingerprint density at radius 1 is 0.816 bits per heavy atom. The Hall–Kier alpha value is -4.91. The third-order valence-corrected chi connectivity index (χ3v) is 6.21. The highest BCUT2D eigenvalue weighted by Gasteiger charge is 2.41. The van der Waals surface area contributed by atoms with Gasteiger partial charge in [-0.25, -0.2) is 9.18 Å². The van der Waals surface area contributed by atoms with E-state index >= 15 is 0 Å². The molecule has 5 rings (SSSR count). The predicted octanol–water partition coefficient (Wildman–Crippen LogP) is 5.76. The van der Waals surface area contributed by atoms with Crippen molar-refractivity contribution in [3.63, 3.8) is 0 Å². The third kappa shape index (κ3) is 4.74. The average molecular weight is 505 g/mol. The fourth-order valence-corrected chi connectivity index (χ4v) is 4.50. The minimum absolute atomic E-state index is 0.0972. The van der Waals surface area contributed by atoms with Crippen LogP contribution in [0.5, 0.6) is 0 Å². The van der Waals surface area contributed by atoms with Gasteiger partial charge in [-0.05, 0) is 52.6 Å². The van der Waals surface area contributed by atoms with Gasteiger partial charge in [0.25, 0.3) is 0 Å². The molecule has 0 spiro atoms. The molecule has 0 fully saturated rings. The minimum Gasteiger partial charge on any atom is -0.462 e. The number of hydrogen-bond donors (Lipinski definition) is 0. The van der Waals surface area contributed by atoms with Gasteiger partial charge in [-0.3, -0.25) is 0 Å². The van der Waals surface area contributed by atoms with Crippen molar-refractivity contribution in [1.29, 1.82) is 0 Å². The normalized spacial score (nSPS) is 11.8. The van der Waals surface area contributed by atoms with E-state index in [0.29, 0.717) is 5.56 Å². The van der Waals surface area contributed by atoms with Crippen LogP contribution in [0.15, 0.2) is 115 Å². The van der Waals surface area contributed by atoms with Crippen molar-refractivity contribution >= 4 is 17.6 Å². The topological polar surface area (TPSA) is 69.9 Å². The molecule has 0 aliphatic carbocycles. The first kappa shape index (κ1) is 24.8. The third-order valence-electron chi connectivity index (χ3n) is 6.21. The van der Waals surface area contributed by atoms with Crippen LogP contribution in [-0.2, 0) is 15.1 Å². The number of halogens is 1. The summed E-state index contributed by atoms with van der Waals surface area (Å²) in [7, 11) is 0. The van der Waals surface area contributed by atoms with E-state index in [0.717, 1.165) is 16.7 Å². The number of carbonyl (C=O) groups excluding carboxylic acids is 1. The number of hydrogen-bond acceptors (Lipinski definition) is 5. The first-order valence-electron chi connectivity index (χ1n) is 12.2. The highest BCUT2D eigenvalue weighted by Crippen LogP contribution is 2.39. The van der Waals surface area contributed by atoms with Crippen LogP contribution in [0.1, 0.15) is 35.0 Å². The van der Waals surface area contributed by atoms with Crippen molar-refractivity contribution in [1.82, 2.24) is 20.2 Å². The van der Waals surface area contributed by atoms with E-state index in [-0.39, 0.29) is 23.8 Å². The van der Waals surface area contributed by atoms with Crippen molar-refractivity contribution in [3.8, 4) is 0 Å². The molecule has 0 saturated carbocycles. The summed E-state index contributed by atoms with van der Waals surface area (Å²) in [6, 6.07) is 35.5. The second kappa shape index (κ2) is 11.0. The first-order chi connectivity index (χ1) is 18.6. The molecular weight excluding hydrogens is 479 g/mol. The molecule has 188 valence electrons. The van der Waals surface area contributed by atoms with Crippen molar-refractivity contribution in [2.75, 3.05) is 6.61 Å². The Labute approximate surface area is 220 Å². The van der Waals surface area contributed by atoms with Crippen molar-refractivity contribution in [2.45, 2.75) is 12.5 Å². The maximum absolute atomic E-state index is 13.5. The van der Waals surface area contributed by atoms with Gasteiger partial charge in [0.05, 0.1) is 6.61 Å². The molecule has 0 atom stereocenters. The summed E-state index contributed by atoms with van der Waals surface area (Å²) in [5.41, 5.74) is 2.49. The number of benzene rings is 4. The lowest BCUT2D eigenvalue weighted by Crippen LogP contribution is -2.39. The van der Waals surface area contributed by atoms with Gasteiger partial charge in [-0.15, -0.1) is 15.0 Å². The Balaban J connectivity index is 1.74. The van der Waals surface area contributed by atoms with Gasteiger partial charge in [0.1, 0.15) is 11.4 Å². The number of nitrogens with zero attached hydrogens (tertiary/aromatic N) is 4. The van der Waals surface area contributed by atoms with E-state index in [9.17, 15) is 9.18 Å². The summed E-state index contributed by atoms with van der Waals surface area (Å²) in [6.07, 6.45) is 1.58. The van der Waals surface area contributed by atoms with E-state index in [2.05, 4.69) is 10.3 Å². The van der Waals surface area contributed by atoms with Gasteiger partial charge in [0.2, 0.25) is 5.82 Å².